The number of urea groups is 1. The summed E-state index contributed by atoms with van der Waals surface area (Å²) in [4.78, 5) is 15.6. The van der Waals surface area contributed by atoms with Gasteiger partial charge in [0.2, 0.25) is 0 Å². The van der Waals surface area contributed by atoms with Crippen LogP contribution in [0.5, 0.6) is 5.75 Å². The Balaban J connectivity index is 1.76. The molecule has 0 aliphatic rings. The van der Waals surface area contributed by atoms with E-state index in [0.29, 0.717) is 6.54 Å². The van der Waals surface area contributed by atoms with Gasteiger partial charge in [0.15, 0.2) is 0 Å². The third kappa shape index (κ3) is 4.99. The molecule has 2 N–H and O–H groups in total. The van der Waals surface area contributed by atoms with Crippen LogP contribution in [0.2, 0.25) is 0 Å². The lowest BCUT2D eigenvalue weighted by atomic mass is 10.2. The fourth-order valence-electron chi connectivity index (χ4n) is 1.66. The maximum Gasteiger partial charge on any atom is 0.319 e. The average Bonchev–Trinajstić information content (AvgIpc) is 2.54. The summed E-state index contributed by atoms with van der Waals surface area (Å²) in [7, 11) is 1.62. The number of hydrogen-bond donors (Lipinski definition) is 2. The Bertz CT molecular complexity index is 595. The SMILES string of the molecule is COc1ccc(/C=C/NC(=O)NCc2cccnc2)cc1. The molecule has 5 heteroatoms. The molecule has 0 saturated carbocycles. The second-order valence-electron chi connectivity index (χ2n) is 4.29. The Morgan fingerprint density at radius 3 is 2.76 bits per heavy atom. The zero-order chi connectivity index (χ0) is 14.9. The highest BCUT2D eigenvalue weighted by Gasteiger charge is 1.97. The topological polar surface area (TPSA) is 63.2 Å². The van der Waals surface area contributed by atoms with Crippen molar-refractivity contribution in [3.05, 3.63) is 66.1 Å². The highest BCUT2D eigenvalue weighted by molar-refractivity contribution is 5.75. The van der Waals surface area contributed by atoms with Crippen LogP contribution in [0.4, 0.5) is 4.79 Å². The van der Waals surface area contributed by atoms with E-state index in [1.54, 1.807) is 25.7 Å². The maximum atomic E-state index is 11.6. The first-order valence-electron chi connectivity index (χ1n) is 6.52. The number of nitrogens with one attached hydrogen (secondary N) is 2. The van der Waals surface area contributed by atoms with Crippen LogP contribution in [0.15, 0.2) is 55.0 Å². The number of methoxy groups -OCH3 is 1. The number of nitrogens with zero attached hydrogens (tertiary/aromatic N) is 1. The molecule has 21 heavy (non-hydrogen) atoms. The van der Waals surface area contributed by atoms with Crippen LogP contribution in [-0.4, -0.2) is 18.1 Å². The molecule has 2 rings (SSSR count). The zero-order valence-electron chi connectivity index (χ0n) is 11.7. The van der Waals surface area contributed by atoms with Crippen molar-refractivity contribution in [2.45, 2.75) is 6.54 Å². The van der Waals surface area contributed by atoms with Crippen molar-refractivity contribution in [2.75, 3.05) is 7.11 Å². The molecule has 0 saturated heterocycles. The monoisotopic (exact) mass is 283 g/mol. The quantitative estimate of drug-likeness (QED) is 0.886. The number of carbonyl (C=O) groups is 1. The van der Waals surface area contributed by atoms with E-state index in [-0.39, 0.29) is 6.03 Å². The molecular weight excluding hydrogens is 266 g/mol. The van der Waals surface area contributed by atoms with Gasteiger partial charge in [0.1, 0.15) is 5.75 Å². The lowest BCUT2D eigenvalue weighted by molar-refractivity contribution is 0.244. The van der Waals surface area contributed by atoms with Gasteiger partial charge in [0, 0.05) is 25.1 Å². The Labute approximate surface area is 123 Å². The Kier molecular flexibility index (Phi) is 5.34. The minimum Gasteiger partial charge on any atom is -0.497 e. The second kappa shape index (κ2) is 7.69. The third-order valence-corrected chi connectivity index (χ3v) is 2.78. The van der Waals surface area contributed by atoms with E-state index in [1.807, 2.05) is 42.5 Å². The number of pyridine rings is 1. The van der Waals surface area contributed by atoms with Crippen LogP contribution in [0.1, 0.15) is 11.1 Å². The molecule has 2 amide bonds. The first kappa shape index (κ1) is 14.6. The van der Waals surface area contributed by atoms with Crippen LogP contribution < -0.4 is 15.4 Å². The van der Waals surface area contributed by atoms with Crippen molar-refractivity contribution in [1.29, 1.82) is 0 Å². The molecule has 1 heterocycles. The summed E-state index contributed by atoms with van der Waals surface area (Å²) in [5.74, 6) is 0.800. The minimum absolute atomic E-state index is 0.261. The summed E-state index contributed by atoms with van der Waals surface area (Å²) in [6.45, 7) is 0.441. The predicted octanol–water partition coefficient (Wildman–Crippen LogP) is 2.56. The molecule has 2 aromatic rings. The maximum absolute atomic E-state index is 11.6. The molecule has 5 nitrogen and oxygen atoms in total. The fourth-order valence-corrected chi connectivity index (χ4v) is 1.66. The predicted molar refractivity (Wildman–Crippen MR) is 81.6 cm³/mol. The standard InChI is InChI=1S/C16H17N3O2/c1-21-15-6-4-13(5-7-15)8-10-18-16(20)19-12-14-3-2-9-17-11-14/h2-11H,12H2,1H3,(H2,18,19,20)/b10-8+. The van der Waals surface area contributed by atoms with E-state index in [0.717, 1.165) is 16.9 Å². The van der Waals surface area contributed by atoms with Crippen molar-refractivity contribution in [1.82, 2.24) is 15.6 Å². The van der Waals surface area contributed by atoms with Crippen LogP contribution in [0.3, 0.4) is 0 Å². The second-order valence-corrected chi connectivity index (χ2v) is 4.29. The van der Waals surface area contributed by atoms with Crippen LogP contribution in [0.25, 0.3) is 6.08 Å². The van der Waals surface area contributed by atoms with E-state index >= 15 is 0 Å². The number of rotatable bonds is 5. The lowest BCUT2D eigenvalue weighted by Gasteiger charge is -2.04. The Morgan fingerprint density at radius 2 is 2.10 bits per heavy atom. The van der Waals surface area contributed by atoms with Gasteiger partial charge < -0.3 is 15.4 Å². The lowest BCUT2D eigenvalue weighted by Crippen LogP contribution is -2.31. The molecule has 0 atom stereocenters. The number of aromatic nitrogens is 1. The van der Waals surface area contributed by atoms with E-state index in [2.05, 4.69) is 15.6 Å². The van der Waals surface area contributed by atoms with Crippen LogP contribution in [0, 0.1) is 0 Å². The highest BCUT2D eigenvalue weighted by Crippen LogP contribution is 2.11. The van der Waals surface area contributed by atoms with Gasteiger partial charge >= 0.3 is 6.03 Å². The number of ether oxygens (including phenoxy) is 1. The summed E-state index contributed by atoms with van der Waals surface area (Å²) >= 11 is 0. The molecular formula is C16H17N3O2. The highest BCUT2D eigenvalue weighted by atomic mass is 16.5. The Hall–Kier alpha value is -2.82. The van der Waals surface area contributed by atoms with Gasteiger partial charge in [-0.1, -0.05) is 18.2 Å². The van der Waals surface area contributed by atoms with E-state index in [1.165, 1.54) is 0 Å². The van der Waals surface area contributed by atoms with Crippen molar-refractivity contribution in [3.63, 3.8) is 0 Å². The summed E-state index contributed by atoms with van der Waals surface area (Å²) < 4.78 is 5.08. The molecule has 0 unspecified atom stereocenters. The molecule has 0 bridgehead atoms. The normalized spacial score (nSPS) is 10.3. The summed E-state index contributed by atoms with van der Waals surface area (Å²) in [5.41, 5.74) is 1.93. The van der Waals surface area contributed by atoms with Crippen LogP contribution in [-0.2, 0) is 6.54 Å². The molecule has 0 fully saturated rings. The number of hydrogen-bond acceptors (Lipinski definition) is 3. The fraction of sp³-hybridized carbons (Fsp3) is 0.125. The molecule has 1 aromatic carbocycles. The molecule has 1 aromatic heterocycles. The number of amides is 2. The van der Waals surface area contributed by atoms with E-state index < -0.39 is 0 Å². The van der Waals surface area contributed by atoms with Gasteiger partial charge in [-0.15, -0.1) is 0 Å². The first-order valence-corrected chi connectivity index (χ1v) is 6.52. The minimum atomic E-state index is -0.261. The Morgan fingerprint density at radius 1 is 1.29 bits per heavy atom. The smallest absolute Gasteiger partial charge is 0.319 e. The molecule has 0 aliphatic carbocycles. The number of carbonyl (C=O) groups excluding carboxylic acids is 1. The molecule has 0 radical (unpaired) electrons. The van der Waals surface area contributed by atoms with Crippen molar-refractivity contribution < 1.29 is 9.53 Å². The number of benzene rings is 1. The van der Waals surface area contributed by atoms with Gasteiger partial charge in [0.05, 0.1) is 7.11 Å². The van der Waals surface area contributed by atoms with Crippen LogP contribution >= 0.6 is 0 Å². The summed E-state index contributed by atoms with van der Waals surface area (Å²) in [6, 6.07) is 11.0. The van der Waals surface area contributed by atoms with E-state index in [9.17, 15) is 4.79 Å². The zero-order valence-corrected chi connectivity index (χ0v) is 11.7. The van der Waals surface area contributed by atoms with E-state index in [4.69, 9.17) is 4.74 Å². The molecule has 0 spiro atoms. The largest absolute Gasteiger partial charge is 0.497 e. The van der Waals surface area contributed by atoms with Gasteiger partial charge in [-0.05, 0) is 35.4 Å². The molecule has 108 valence electrons. The van der Waals surface area contributed by atoms with Crippen molar-refractivity contribution in [2.24, 2.45) is 0 Å². The van der Waals surface area contributed by atoms with Gasteiger partial charge in [-0.25, -0.2) is 4.79 Å². The summed E-state index contributed by atoms with van der Waals surface area (Å²) in [6.07, 6.45) is 6.82. The van der Waals surface area contributed by atoms with Gasteiger partial charge in [-0.2, -0.15) is 0 Å². The first-order chi connectivity index (χ1) is 10.3. The average molecular weight is 283 g/mol. The van der Waals surface area contributed by atoms with Crippen molar-refractivity contribution in [3.8, 4) is 5.75 Å². The van der Waals surface area contributed by atoms with Gasteiger partial charge in [0.25, 0.3) is 0 Å². The summed E-state index contributed by atoms with van der Waals surface area (Å²) in [5, 5.41) is 5.39. The third-order valence-electron chi connectivity index (χ3n) is 2.78. The molecule has 0 aliphatic heterocycles. The van der Waals surface area contributed by atoms with Gasteiger partial charge in [-0.3, -0.25) is 4.98 Å². The van der Waals surface area contributed by atoms with Crippen molar-refractivity contribution >= 4 is 12.1 Å².